The predicted octanol–water partition coefficient (Wildman–Crippen LogP) is 2.57. The summed E-state index contributed by atoms with van der Waals surface area (Å²) in [5, 5.41) is 2.60. The van der Waals surface area contributed by atoms with Gasteiger partial charge in [-0.1, -0.05) is 12.1 Å². The Balaban J connectivity index is 2.26. The van der Waals surface area contributed by atoms with Gasteiger partial charge in [-0.3, -0.25) is 4.79 Å². The number of carbonyl (C=O) groups is 2. The van der Waals surface area contributed by atoms with E-state index in [2.05, 4.69) is 15.0 Å². The van der Waals surface area contributed by atoms with E-state index in [1.807, 2.05) is 0 Å². The smallest absolute Gasteiger partial charge is 0.337 e. The number of methoxy groups -OCH3 is 1. The van der Waals surface area contributed by atoms with Crippen LogP contribution in [-0.4, -0.2) is 24.0 Å². The molecule has 0 atom stereocenters. The fraction of sp³-hybridized carbons (Fsp3) is 0.133. The SMILES string of the molecule is COC(=O)c1ccc(C)c(NC(=O)c2cccc(F)n2)c1. The molecule has 1 heterocycles. The van der Waals surface area contributed by atoms with Crippen LogP contribution in [0.15, 0.2) is 36.4 Å². The van der Waals surface area contributed by atoms with Crippen molar-refractivity contribution in [3.8, 4) is 0 Å². The predicted molar refractivity (Wildman–Crippen MR) is 74.7 cm³/mol. The second-order valence-corrected chi connectivity index (χ2v) is 4.32. The normalized spacial score (nSPS) is 10.0. The highest BCUT2D eigenvalue weighted by molar-refractivity contribution is 6.04. The average molecular weight is 288 g/mol. The maximum atomic E-state index is 13.0. The number of nitrogens with zero attached hydrogens (tertiary/aromatic N) is 1. The Bertz CT molecular complexity index is 701. The molecule has 6 heteroatoms. The topological polar surface area (TPSA) is 68.3 Å². The summed E-state index contributed by atoms with van der Waals surface area (Å²) in [6.07, 6.45) is 0. The summed E-state index contributed by atoms with van der Waals surface area (Å²) < 4.78 is 17.6. The van der Waals surface area contributed by atoms with E-state index < -0.39 is 17.8 Å². The molecule has 0 saturated carbocycles. The van der Waals surface area contributed by atoms with Gasteiger partial charge in [0.25, 0.3) is 5.91 Å². The number of anilines is 1. The Labute approximate surface area is 120 Å². The molecular weight excluding hydrogens is 275 g/mol. The Hall–Kier alpha value is -2.76. The van der Waals surface area contributed by atoms with Crippen LogP contribution in [0.25, 0.3) is 0 Å². The van der Waals surface area contributed by atoms with Crippen LogP contribution in [0.4, 0.5) is 10.1 Å². The first-order valence-corrected chi connectivity index (χ1v) is 6.14. The van der Waals surface area contributed by atoms with E-state index in [0.29, 0.717) is 11.3 Å². The third-order valence-electron chi connectivity index (χ3n) is 2.85. The highest BCUT2D eigenvalue weighted by Crippen LogP contribution is 2.18. The molecule has 1 aromatic carbocycles. The molecule has 0 radical (unpaired) electrons. The largest absolute Gasteiger partial charge is 0.465 e. The first-order valence-electron chi connectivity index (χ1n) is 6.14. The van der Waals surface area contributed by atoms with Crippen LogP contribution in [0.2, 0.25) is 0 Å². The lowest BCUT2D eigenvalue weighted by Gasteiger charge is -2.09. The van der Waals surface area contributed by atoms with Crippen LogP contribution < -0.4 is 5.32 Å². The van der Waals surface area contributed by atoms with Gasteiger partial charge in [-0.2, -0.15) is 4.39 Å². The first-order chi connectivity index (χ1) is 10.0. The van der Waals surface area contributed by atoms with E-state index in [0.717, 1.165) is 11.6 Å². The maximum absolute atomic E-state index is 13.0. The molecule has 1 amide bonds. The summed E-state index contributed by atoms with van der Waals surface area (Å²) in [7, 11) is 1.27. The van der Waals surface area contributed by atoms with Crippen molar-refractivity contribution >= 4 is 17.6 Å². The Morgan fingerprint density at radius 1 is 1.24 bits per heavy atom. The van der Waals surface area contributed by atoms with E-state index in [1.165, 1.54) is 25.3 Å². The fourth-order valence-corrected chi connectivity index (χ4v) is 1.72. The molecule has 0 spiro atoms. The van der Waals surface area contributed by atoms with Gasteiger partial charge in [0.15, 0.2) is 0 Å². The zero-order chi connectivity index (χ0) is 15.4. The van der Waals surface area contributed by atoms with Gasteiger partial charge in [-0.25, -0.2) is 9.78 Å². The molecule has 2 rings (SSSR count). The molecule has 0 bridgehead atoms. The molecule has 21 heavy (non-hydrogen) atoms. The highest BCUT2D eigenvalue weighted by Gasteiger charge is 2.12. The zero-order valence-corrected chi connectivity index (χ0v) is 11.5. The summed E-state index contributed by atoms with van der Waals surface area (Å²) in [5.41, 5.74) is 1.46. The van der Waals surface area contributed by atoms with E-state index in [-0.39, 0.29) is 5.69 Å². The van der Waals surface area contributed by atoms with E-state index in [1.54, 1.807) is 19.1 Å². The summed E-state index contributed by atoms with van der Waals surface area (Å²) in [4.78, 5) is 27.0. The summed E-state index contributed by atoms with van der Waals surface area (Å²) >= 11 is 0. The van der Waals surface area contributed by atoms with Crippen LogP contribution in [0.5, 0.6) is 0 Å². The van der Waals surface area contributed by atoms with Gasteiger partial charge >= 0.3 is 5.97 Å². The van der Waals surface area contributed by atoms with Crippen molar-refractivity contribution in [1.82, 2.24) is 4.98 Å². The lowest BCUT2D eigenvalue weighted by Crippen LogP contribution is -2.15. The number of amides is 1. The third kappa shape index (κ3) is 3.42. The Morgan fingerprint density at radius 3 is 2.67 bits per heavy atom. The van der Waals surface area contributed by atoms with Crippen molar-refractivity contribution in [2.24, 2.45) is 0 Å². The van der Waals surface area contributed by atoms with Crippen LogP contribution in [0.3, 0.4) is 0 Å². The Morgan fingerprint density at radius 2 is 2.00 bits per heavy atom. The molecule has 0 unspecified atom stereocenters. The molecule has 0 fully saturated rings. The minimum Gasteiger partial charge on any atom is -0.465 e. The van der Waals surface area contributed by atoms with Gasteiger partial charge in [0.2, 0.25) is 5.95 Å². The van der Waals surface area contributed by atoms with Crippen molar-refractivity contribution in [3.63, 3.8) is 0 Å². The number of aromatic nitrogens is 1. The average Bonchev–Trinajstić information content (AvgIpc) is 2.48. The maximum Gasteiger partial charge on any atom is 0.337 e. The molecule has 0 aliphatic heterocycles. The van der Waals surface area contributed by atoms with Crippen molar-refractivity contribution in [1.29, 1.82) is 0 Å². The van der Waals surface area contributed by atoms with Crippen LogP contribution >= 0.6 is 0 Å². The summed E-state index contributed by atoms with van der Waals surface area (Å²) in [5.74, 6) is -1.79. The van der Waals surface area contributed by atoms with Crippen molar-refractivity contribution in [2.45, 2.75) is 6.92 Å². The monoisotopic (exact) mass is 288 g/mol. The number of carbonyl (C=O) groups excluding carboxylic acids is 2. The summed E-state index contributed by atoms with van der Waals surface area (Å²) in [6.45, 7) is 1.77. The van der Waals surface area contributed by atoms with Crippen LogP contribution in [0, 0.1) is 12.9 Å². The van der Waals surface area contributed by atoms with Crippen molar-refractivity contribution < 1.29 is 18.7 Å². The van der Waals surface area contributed by atoms with E-state index in [9.17, 15) is 14.0 Å². The van der Waals surface area contributed by atoms with Gasteiger partial charge < -0.3 is 10.1 Å². The van der Waals surface area contributed by atoms with Gasteiger partial charge in [-0.15, -0.1) is 0 Å². The molecule has 1 aromatic heterocycles. The lowest BCUT2D eigenvalue weighted by atomic mass is 10.1. The van der Waals surface area contributed by atoms with E-state index >= 15 is 0 Å². The van der Waals surface area contributed by atoms with E-state index in [4.69, 9.17) is 0 Å². The lowest BCUT2D eigenvalue weighted by molar-refractivity contribution is 0.0600. The van der Waals surface area contributed by atoms with Crippen LogP contribution in [0.1, 0.15) is 26.4 Å². The number of halogens is 1. The molecule has 1 N–H and O–H groups in total. The standard InChI is InChI=1S/C15H13FN2O3/c1-9-6-7-10(15(20)21-2)8-12(9)18-14(19)11-4-3-5-13(16)17-11/h3-8H,1-2H3,(H,18,19). The highest BCUT2D eigenvalue weighted by atomic mass is 19.1. The zero-order valence-electron chi connectivity index (χ0n) is 11.5. The number of esters is 1. The van der Waals surface area contributed by atoms with Crippen molar-refractivity contribution in [3.05, 3.63) is 59.2 Å². The van der Waals surface area contributed by atoms with Crippen molar-refractivity contribution in [2.75, 3.05) is 12.4 Å². The minimum atomic E-state index is -0.734. The molecular formula is C15H13FN2O3. The first kappa shape index (κ1) is 14.6. The molecule has 0 aliphatic rings. The van der Waals surface area contributed by atoms with Gasteiger partial charge in [-0.05, 0) is 36.8 Å². The second-order valence-electron chi connectivity index (χ2n) is 4.32. The summed E-state index contributed by atoms with van der Waals surface area (Å²) in [6, 6.07) is 8.73. The molecule has 5 nitrogen and oxygen atoms in total. The second kappa shape index (κ2) is 6.13. The third-order valence-corrected chi connectivity index (χ3v) is 2.85. The molecule has 0 saturated heterocycles. The van der Waals surface area contributed by atoms with Gasteiger partial charge in [0.1, 0.15) is 5.69 Å². The number of hydrogen-bond acceptors (Lipinski definition) is 4. The minimum absolute atomic E-state index is 0.0436. The van der Waals surface area contributed by atoms with Crippen LogP contribution in [-0.2, 0) is 4.74 Å². The van der Waals surface area contributed by atoms with Gasteiger partial charge in [0.05, 0.1) is 12.7 Å². The number of pyridine rings is 1. The quantitative estimate of drug-likeness (QED) is 0.696. The molecule has 108 valence electrons. The number of nitrogens with one attached hydrogen (secondary N) is 1. The number of hydrogen-bond donors (Lipinski definition) is 1. The number of aryl methyl sites for hydroxylation is 1. The molecule has 0 aliphatic carbocycles. The number of benzene rings is 1. The Kier molecular flexibility index (Phi) is 4.27. The van der Waals surface area contributed by atoms with Gasteiger partial charge in [0, 0.05) is 5.69 Å². The molecule has 2 aromatic rings. The number of rotatable bonds is 3. The fourth-order valence-electron chi connectivity index (χ4n) is 1.72. The number of ether oxygens (including phenoxy) is 1.